The summed E-state index contributed by atoms with van der Waals surface area (Å²) >= 11 is 0. The number of rotatable bonds is 8. The molecule has 0 aliphatic carbocycles. The van der Waals surface area contributed by atoms with Crippen molar-refractivity contribution in [3.63, 3.8) is 0 Å². The van der Waals surface area contributed by atoms with Crippen LogP contribution in [0.4, 0.5) is 10.1 Å². The van der Waals surface area contributed by atoms with E-state index in [9.17, 15) is 9.18 Å². The van der Waals surface area contributed by atoms with E-state index in [0.29, 0.717) is 5.56 Å². The summed E-state index contributed by atoms with van der Waals surface area (Å²) in [4.78, 5) is 14.2. The average Bonchev–Trinajstić information content (AvgIpc) is 2.58. The summed E-state index contributed by atoms with van der Waals surface area (Å²) in [5, 5.41) is 3.37. The van der Waals surface area contributed by atoms with E-state index >= 15 is 0 Å². The highest BCUT2D eigenvalue weighted by molar-refractivity contribution is 6.06. The molecule has 0 unspecified atom stereocenters. The first-order chi connectivity index (χ1) is 11.5. The summed E-state index contributed by atoms with van der Waals surface area (Å²) in [6, 6.07) is 13.5. The van der Waals surface area contributed by atoms with Gasteiger partial charge in [0.25, 0.3) is 0 Å². The van der Waals surface area contributed by atoms with Gasteiger partial charge in [-0.1, -0.05) is 18.2 Å². The average molecular weight is 326 g/mol. The van der Waals surface area contributed by atoms with E-state index < -0.39 is 0 Å². The van der Waals surface area contributed by atoms with Gasteiger partial charge in [-0.3, -0.25) is 4.79 Å². The Hall–Kier alpha value is -2.46. The van der Waals surface area contributed by atoms with Crippen LogP contribution >= 0.6 is 0 Å². The van der Waals surface area contributed by atoms with Crippen LogP contribution in [0.15, 0.2) is 54.6 Å². The summed E-state index contributed by atoms with van der Waals surface area (Å²) in [6.07, 6.45) is 4.36. The standard InChI is InChI=1S/C20H23FN2O/c1-23(2)15-3-14-22-19-11-4-16(5-12-19)6-13-20(24)17-7-9-18(21)10-8-17/h4-13,22H,3,14-15H2,1-2H3. The zero-order valence-electron chi connectivity index (χ0n) is 14.1. The number of ketones is 1. The molecule has 0 radical (unpaired) electrons. The van der Waals surface area contributed by atoms with Gasteiger partial charge >= 0.3 is 0 Å². The van der Waals surface area contributed by atoms with Crippen molar-refractivity contribution in [1.82, 2.24) is 4.90 Å². The van der Waals surface area contributed by atoms with Gasteiger partial charge in [-0.2, -0.15) is 0 Å². The number of allylic oxidation sites excluding steroid dienone is 1. The summed E-state index contributed by atoms with van der Waals surface area (Å²) in [6.45, 7) is 1.98. The number of hydrogen-bond acceptors (Lipinski definition) is 3. The topological polar surface area (TPSA) is 32.3 Å². The molecule has 0 saturated carbocycles. The molecule has 126 valence electrons. The van der Waals surface area contributed by atoms with Gasteiger partial charge in [0.2, 0.25) is 0 Å². The second-order valence-corrected chi connectivity index (χ2v) is 5.91. The van der Waals surface area contributed by atoms with E-state index in [1.807, 2.05) is 24.3 Å². The molecule has 0 heterocycles. The lowest BCUT2D eigenvalue weighted by Crippen LogP contribution is -2.16. The molecule has 2 aromatic rings. The van der Waals surface area contributed by atoms with Gasteiger partial charge in [0.15, 0.2) is 5.78 Å². The Morgan fingerprint density at radius 3 is 2.38 bits per heavy atom. The van der Waals surface area contributed by atoms with Gasteiger partial charge < -0.3 is 10.2 Å². The lowest BCUT2D eigenvalue weighted by atomic mass is 10.1. The zero-order valence-corrected chi connectivity index (χ0v) is 14.1. The fraction of sp³-hybridized carbons (Fsp3) is 0.250. The molecule has 0 amide bonds. The van der Waals surface area contributed by atoms with Crippen LogP contribution < -0.4 is 5.32 Å². The minimum absolute atomic E-state index is 0.138. The molecule has 2 rings (SSSR count). The predicted octanol–water partition coefficient (Wildman–Crippen LogP) is 4.09. The maximum atomic E-state index is 12.9. The number of carbonyl (C=O) groups excluding carboxylic acids is 1. The molecule has 0 fully saturated rings. The van der Waals surface area contributed by atoms with Gasteiger partial charge in [-0.15, -0.1) is 0 Å². The van der Waals surface area contributed by atoms with Gasteiger partial charge in [0.05, 0.1) is 0 Å². The molecule has 0 saturated heterocycles. The Morgan fingerprint density at radius 1 is 1.08 bits per heavy atom. The molecule has 0 aliphatic heterocycles. The first-order valence-corrected chi connectivity index (χ1v) is 8.01. The van der Waals surface area contributed by atoms with Crippen molar-refractivity contribution in [2.75, 3.05) is 32.5 Å². The van der Waals surface area contributed by atoms with E-state index in [4.69, 9.17) is 0 Å². The highest BCUT2D eigenvalue weighted by Crippen LogP contribution is 2.12. The fourth-order valence-corrected chi connectivity index (χ4v) is 2.22. The van der Waals surface area contributed by atoms with E-state index in [1.54, 1.807) is 6.08 Å². The quantitative estimate of drug-likeness (QED) is 0.450. The third-order valence-corrected chi connectivity index (χ3v) is 3.58. The Labute approximate surface area is 142 Å². The van der Waals surface area contributed by atoms with E-state index in [2.05, 4.69) is 24.3 Å². The van der Waals surface area contributed by atoms with Crippen molar-refractivity contribution in [1.29, 1.82) is 0 Å². The van der Waals surface area contributed by atoms with Crippen molar-refractivity contribution in [2.45, 2.75) is 6.42 Å². The lowest BCUT2D eigenvalue weighted by Gasteiger charge is -2.10. The van der Waals surface area contributed by atoms with Crippen LogP contribution in [0.3, 0.4) is 0 Å². The fourth-order valence-electron chi connectivity index (χ4n) is 2.22. The first kappa shape index (κ1) is 17.9. The highest BCUT2D eigenvalue weighted by atomic mass is 19.1. The molecule has 0 bridgehead atoms. The third kappa shape index (κ3) is 5.97. The molecule has 3 nitrogen and oxygen atoms in total. The molecule has 0 atom stereocenters. The van der Waals surface area contributed by atoms with Gasteiger partial charge in [0, 0.05) is 17.8 Å². The number of hydrogen-bond donors (Lipinski definition) is 1. The molecule has 2 aromatic carbocycles. The lowest BCUT2D eigenvalue weighted by molar-refractivity contribution is 0.104. The number of carbonyl (C=O) groups is 1. The molecule has 0 aromatic heterocycles. The van der Waals surface area contributed by atoms with Crippen molar-refractivity contribution in [2.24, 2.45) is 0 Å². The van der Waals surface area contributed by atoms with Crippen LogP contribution in [0.2, 0.25) is 0 Å². The normalized spacial score (nSPS) is 11.2. The number of anilines is 1. The molecule has 4 heteroatoms. The molecule has 0 aliphatic rings. The Bertz CT molecular complexity index is 676. The molecular formula is C20H23FN2O. The zero-order chi connectivity index (χ0) is 17.4. The van der Waals surface area contributed by atoms with Crippen LogP contribution in [-0.4, -0.2) is 37.9 Å². The van der Waals surface area contributed by atoms with E-state index in [1.165, 1.54) is 30.3 Å². The van der Waals surface area contributed by atoms with Crippen molar-refractivity contribution in [3.05, 3.63) is 71.6 Å². The van der Waals surface area contributed by atoms with E-state index in [-0.39, 0.29) is 11.6 Å². The maximum absolute atomic E-state index is 12.9. The highest BCUT2D eigenvalue weighted by Gasteiger charge is 2.01. The van der Waals surface area contributed by atoms with E-state index in [0.717, 1.165) is 30.8 Å². The van der Waals surface area contributed by atoms with Gasteiger partial charge in [-0.05, 0) is 75.1 Å². The maximum Gasteiger partial charge on any atom is 0.185 e. The van der Waals surface area contributed by atoms with Crippen LogP contribution in [0.25, 0.3) is 6.08 Å². The summed E-state index contributed by atoms with van der Waals surface area (Å²) in [7, 11) is 4.13. The second kappa shape index (κ2) is 8.99. The van der Waals surface area contributed by atoms with Gasteiger partial charge in [-0.25, -0.2) is 4.39 Å². The molecule has 1 N–H and O–H groups in total. The SMILES string of the molecule is CN(C)CCCNc1ccc(C=CC(=O)c2ccc(F)cc2)cc1. The monoisotopic (exact) mass is 326 g/mol. The predicted molar refractivity (Wildman–Crippen MR) is 97.9 cm³/mol. The summed E-state index contributed by atoms with van der Waals surface area (Å²) < 4.78 is 12.9. The summed E-state index contributed by atoms with van der Waals surface area (Å²) in [5.41, 5.74) is 2.49. The summed E-state index contributed by atoms with van der Waals surface area (Å²) in [5.74, 6) is -0.481. The van der Waals surface area contributed by atoms with Crippen LogP contribution in [-0.2, 0) is 0 Å². The minimum Gasteiger partial charge on any atom is -0.385 e. The largest absolute Gasteiger partial charge is 0.385 e. The smallest absolute Gasteiger partial charge is 0.185 e. The number of nitrogens with one attached hydrogen (secondary N) is 1. The third-order valence-electron chi connectivity index (χ3n) is 3.58. The Morgan fingerprint density at radius 2 is 1.75 bits per heavy atom. The van der Waals surface area contributed by atoms with Crippen LogP contribution in [0.5, 0.6) is 0 Å². The van der Waals surface area contributed by atoms with Crippen molar-refractivity contribution < 1.29 is 9.18 Å². The number of halogens is 1. The molecular weight excluding hydrogens is 303 g/mol. The van der Waals surface area contributed by atoms with Crippen LogP contribution in [0, 0.1) is 5.82 Å². The second-order valence-electron chi connectivity index (χ2n) is 5.91. The van der Waals surface area contributed by atoms with Crippen LogP contribution in [0.1, 0.15) is 22.3 Å². The Balaban J connectivity index is 1.86. The molecule has 0 spiro atoms. The van der Waals surface area contributed by atoms with Crippen molar-refractivity contribution >= 4 is 17.5 Å². The number of benzene rings is 2. The van der Waals surface area contributed by atoms with Crippen molar-refractivity contribution in [3.8, 4) is 0 Å². The van der Waals surface area contributed by atoms with Gasteiger partial charge in [0.1, 0.15) is 5.82 Å². The molecule has 24 heavy (non-hydrogen) atoms. The minimum atomic E-state index is -0.343. The number of nitrogens with zero attached hydrogens (tertiary/aromatic N) is 1. The first-order valence-electron chi connectivity index (χ1n) is 8.01. The Kier molecular flexibility index (Phi) is 6.70.